The summed E-state index contributed by atoms with van der Waals surface area (Å²) in [4.78, 5) is 13.7. The summed E-state index contributed by atoms with van der Waals surface area (Å²) in [6.45, 7) is -0.792. The third kappa shape index (κ3) is 3.63. The van der Waals surface area contributed by atoms with Crippen LogP contribution in [0.3, 0.4) is 0 Å². The van der Waals surface area contributed by atoms with Crippen LogP contribution >= 0.6 is 0 Å². The third-order valence-corrected chi connectivity index (χ3v) is 3.30. The second-order valence-corrected chi connectivity index (χ2v) is 4.75. The Labute approximate surface area is 114 Å². The molecule has 1 unspecified atom stereocenters. The second kappa shape index (κ2) is 5.70. The van der Waals surface area contributed by atoms with Crippen LogP contribution in [0.25, 0.3) is 0 Å². The Morgan fingerprint density at radius 2 is 1.90 bits per heavy atom. The molecule has 4 nitrogen and oxygen atoms in total. The molecule has 1 atom stereocenters. The Balaban J connectivity index is 2.16. The molecule has 110 valence electrons. The lowest BCUT2D eigenvalue weighted by molar-refractivity contribution is -0.151. The summed E-state index contributed by atoms with van der Waals surface area (Å²) in [5.74, 6) is 0. The first kappa shape index (κ1) is 14.6. The topological polar surface area (TPSA) is 43.8 Å². The number of piperazine rings is 1. The minimum atomic E-state index is -4.27. The van der Waals surface area contributed by atoms with E-state index in [9.17, 15) is 23.1 Å². The molecule has 1 aromatic rings. The van der Waals surface area contributed by atoms with Gasteiger partial charge in [0.2, 0.25) is 0 Å². The van der Waals surface area contributed by atoms with E-state index in [1.165, 1.54) is 9.80 Å². The Morgan fingerprint density at radius 1 is 1.25 bits per heavy atom. The highest BCUT2D eigenvalue weighted by molar-refractivity contribution is 5.66. The van der Waals surface area contributed by atoms with Crippen molar-refractivity contribution in [2.75, 3.05) is 26.2 Å². The summed E-state index contributed by atoms with van der Waals surface area (Å²) in [6, 6.07) is 8.18. The van der Waals surface area contributed by atoms with E-state index in [0.29, 0.717) is 5.56 Å². The van der Waals surface area contributed by atoms with Crippen molar-refractivity contribution >= 4 is 6.09 Å². The number of hydrogen-bond acceptors (Lipinski definition) is 2. The minimum absolute atomic E-state index is 0.0514. The van der Waals surface area contributed by atoms with Crippen LogP contribution in [-0.2, 0) is 0 Å². The van der Waals surface area contributed by atoms with Crippen molar-refractivity contribution in [2.24, 2.45) is 0 Å². The molecule has 2 rings (SSSR count). The van der Waals surface area contributed by atoms with E-state index in [-0.39, 0.29) is 19.6 Å². The summed E-state index contributed by atoms with van der Waals surface area (Å²) >= 11 is 0. The first-order chi connectivity index (χ1) is 9.37. The zero-order chi connectivity index (χ0) is 14.8. The Bertz CT molecular complexity index is 464. The second-order valence-electron chi connectivity index (χ2n) is 4.75. The van der Waals surface area contributed by atoms with E-state index in [0.717, 1.165) is 0 Å². The van der Waals surface area contributed by atoms with Crippen molar-refractivity contribution in [2.45, 2.75) is 12.2 Å². The maximum absolute atomic E-state index is 12.5. The number of amides is 1. The van der Waals surface area contributed by atoms with Gasteiger partial charge in [-0.1, -0.05) is 30.3 Å². The largest absolute Gasteiger partial charge is 0.465 e. The molecule has 1 saturated heterocycles. The zero-order valence-corrected chi connectivity index (χ0v) is 10.7. The number of hydrogen-bond donors (Lipinski definition) is 1. The van der Waals surface area contributed by atoms with Gasteiger partial charge in [0.1, 0.15) is 0 Å². The smallest absolute Gasteiger partial charge is 0.407 e. The van der Waals surface area contributed by atoms with Crippen molar-refractivity contribution in [1.82, 2.24) is 9.80 Å². The van der Waals surface area contributed by atoms with Crippen molar-refractivity contribution in [3.63, 3.8) is 0 Å². The number of carbonyl (C=O) groups is 1. The minimum Gasteiger partial charge on any atom is -0.465 e. The molecule has 7 heteroatoms. The molecule has 1 amide bonds. The van der Waals surface area contributed by atoms with Crippen LogP contribution in [0.2, 0.25) is 0 Å². The molecule has 0 aliphatic carbocycles. The first-order valence-electron chi connectivity index (χ1n) is 6.20. The standard InChI is InChI=1S/C13H15F3N2O2/c14-13(15,16)9-17-6-7-18(12(19)20)11(8-17)10-4-2-1-3-5-10/h1-5,11H,6-9H2,(H,19,20). The van der Waals surface area contributed by atoms with Crippen LogP contribution in [0.4, 0.5) is 18.0 Å². The first-order valence-corrected chi connectivity index (χ1v) is 6.20. The molecule has 0 aromatic heterocycles. The van der Waals surface area contributed by atoms with Gasteiger partial charge < -0.3 is 5.11 Å². The molecular weight excluding hydrogens is 273 g/mol. The van der Waals surface area contributed by atoms with Gasteiger partial charge in [0.05, 0.1) is 12.6 Å². The summed E-state index contributed by atoms with van der Waals surface area (Å²) in [6.07, 6.45) is -5.38. The molecule has 0 spiro atoms. The number of alkyl halides is 3. The van der Waals surface area contributed by atoms with Gasteiger partial charge in [-0.05, 0) is 5.56 Å². The molecule has 1 heterocycles. The highest BCUT2D eigenvalue weighted by atomic mass is 19.4. The Kier molecular flexibility index (Phi) is 4.17. The fourth-order valence-electron chi connectivity index (χ4n) is 2.43. The van der Waals surface area contributed by atoms with Gasteiger partial charge in [0, 0.05) is 19.6 Å². The number of halogens is 3. The summed E-state index contributed by atoms with van der Waals surface area (Å²) < 4.78 is 37.4. The molecular formula is C13H15F3N2O2. The lowest BCUT2D eigenvalue weighted by Gasteiger charge is -2.40. The van der Waals surface area contributed by atoms with Gasteiger partial charge in [-0.2, -0.15) is 13.2 Å². The number of carboxylic acid groups (broad SMARTS) is 1. The van der Waals surface area contributed by atoms with Crippen LogP contribution in [0, 0.1) is 0 Å². The number of rotatable bonds is 2. The van der Waals surface area contributed by atoms with Gasteiger partial charge in [-0.15, -0.1) is 0 Å². The lowest BCUT2D eigenvalue weighted by Crippen LogP contribution is -2.52. The highest BCUT2D eigenvalue weighted by Gasteiger charge is 2.37. The predicted octanol–water partition coefficient (Wildman–Crippen LogP) is 2.59. The highest BCUT2D eigenvalue weighted by Crippen LogP contribution is 2.27. The van der Waals surface area contributed by atoms with Crippen LogP contribution in [-0.4, -0.2) is 53.4 Å². The molecule has 1 aliphatic rings. The fraction of sp³-hybridized carbons (Fsp3) is 0.462. The van der Waals surface area contributed by atoms with Crippen molar-refractivity contribution in [3.8, 4) is 0 Å². The van der Waals surface area contributed by atoms with E-state index in [2.05, 4.69) is 0 Å². The average Bonchev–Trinajstić information content (AvgIpc) is 2.37. The monoisotopic (exact) mass is 288 g/mol. The molecule has 1 aromatic carbocycles. The molecule has 0 radical (unpaired) electrons. The number of nitrogens with zero attached hydrogens (tertiary/aromatic N) is 2. The maximum Gasteiger partial charge on any atom is 0.407 e. The van der Waals surface area contributed by atoms with E-state index in [1.807, 2.05) is 0 Å². The fourth-order valence-corrected chi connectivity index (χ4v) is 2.43. The van der Waals surface area contributed by atoms with Crippen LogP contribution < -0.4 is 0 Å². The Morgan fingerprint density at radius 3 is 2.45 bits per heavy atom. The zero-order valence-electron chi connectivity index (χ0n) is 10.7. The van der Waals surface area contributed by atoms with Gasteiger partial charge in [-0.3, -0.25) is 9.80 Å². The Hall–Kier alpha value is -1.76. The molecule has 0 saturated carbocycles. The van der Waals surface area contributed by atoms with Crippen molar-refractivity contribution < 1.29 is 23.1 Å². The van der Waals surface area contributed by atoms with Gasteiger partial charge in [0.25, 0.3) is 0 Å². The molecule has 0 bridgehead atoms. The van der Waals surface area contributed by atoms with Gasteiger partial charge in [0.15, 0.2) is 0 Å². The van der Waals surface area contributed by atoms with E-state index in [1.54, 1.807) is 30.3 Å². The lowest BCUT2D eigenvalue weighted by atomic mass is 10.0. The summed E-state index contributed by atoms with van der Waals surface area (Å²) in [5, 5.41) is 9.17. The van der Waals surface area contributed by atoms with E-state index in [4.69, 9.17) is 0 Å². The maximum atomic E-state index is 12.5. The summed E-state index contributed by atoms with van der Waals surface area (Å²) in [7, 11) is 0. The van der Waals surface area contributed by atoms with Crippen LogP contribution in [0.1, 0.15) is 11.6 Å². The van der Waals surface area contributed by atoms with Crippen LogP contribution in [0.15, 0.2) is 30.3 Å². The SMILES string of the molecule is O=C(O)N1CCN(CC(F)(F)F)CC1c1ccccc1. The predicted molar refractivity (Wildman–Crippen MR) is 66.4 cm³/mol. The molecule has 1 aliphatic heterocycles. The van der Waals surface area contributed by atoms with E-state index >= 15 is 0 Å². The normalized spacial score (nSPS) is 20.9. The summed E-state index contributed by atoms with van der Waals surface area (Å²) in [5.41, 5.74) is 0.710. The van der Waals surface area contributed by atoms with Crippen molar-refractivity contribution in [3.05, 3.63) is 35.9 Å². The molecule has 1 N–H and O–H groups in total. The van der Waals surface area contributed by atoms with Gasteiger partial charge >= 0.3 is 12.3 Å². The van der Waals surface area contributed by atoms with Crippen LogP contribution in [0.5, 0.6) is 0 Å². The quantitative estimate of drug-likeness (QED) is 0.909. The van der Waals surface area contributed by atoms with Gasteiger partial charge in [-0.25, -0.2) is 4.79 Å². The number of benzene rings is 1. The molecule has 20 heavy (non-hydrogen) atoms. The third-order valence-electron chi connectivity index (χ3n) is 3.30. The average molecular weight is 288 g/mol. The van der Waals surface area contributed by atoms with Crippen molar-refractivity contribution in [1.29, 1.82) is 0 Å². The van der Waals surface area contributed by atoms with E-state index < -0.39 is 24.9 Å². The molecule has 1 fully saturated rings.